The first-order valence-corrected chi connectivity index (χ1v) is 3.30. The van der Waals surface area contributed by atoms with Crippen molar-refractivity contribution >= 4 is 11.0 Å². The molecular formula is C7H7N3O. The van der Waals surface area contributed by atoms with Crippen LogP contribution >= 0.6 is 0 Å². The average molecular weight is 149 g/mol. The first-order chi connectivity index (χ1) is 5.40. The SMILES string of the molecule is OCc1ccc2n[nH]cc2n1. The number of nitrogens with zero attached hydrogens (tertiary/aromatic N) is 2. The maximum Gasteiger partial charge on any atom is 0.111 e. The predicted octanol–water partition coefficient (Wildman–Crippen LogP) is 0.450. The van der Waals surface area contributed by atoms with Gasteiger partial charge in [0.2, 0.25) is 0 Å². The molecule has 0 saturated carbocycles. The fourth-order valence-corrected chi connectivity index (χ4v) is 0.962. The van der Waals surface area contributed by atoms with E-state index >= 15 is 0 Å². The van der Waals surface area contributed by atoms with E-state index in [1.54, 1.807) is 12.3 Å². The lowest BCUT2D eigenvalue weighted by Crippen LogP contribution is -1.87. The zero-order chi connectivity index (χ0) is 7.68. The van der Waals surface area contributed by atoms with Gasteiger partial charge in [-0.2, -0.15) is 5.10 Å². The topological polar surface area (TPSA) is 61.8 Å². The molecule has 2 rings (SSSR count). The van der Waals surface area contributed by atoms with E-state index in [9.17, 15) is 0 Å². The Labute approximate surface area is 62.9 Å². The number of nitrogens with one attached hydrogen (secondary N) is 1. The quantitative estimate of drug-likeness (QED) is 0.618. The van der Waals surface area contributed by atoms with Gasteiger partial charge in [-0.05, 0) is 12.1 Å². The zero-order valence-electron chi connectivity index (χ0n) is 5.78. The molecule has 2 N–H and O–H groups in total. The molecule has 0 fully saturated rings. The number of aliphatic hydroxyl groups excluding tert-OH is 1. The Bertz CT molecular complexity index is 368. The molecule has 0 radical (unpaired) electrons. The van der Waals surface area contributed by atoms with Crippen LogP contribution in [0.2, 0.25) is 0 Å². The van der Waals surface area contributed by atoms with E-state index in [0.717, 1.165) is 11.0 Å². The van der Waals surface area contributed by atoms with Gasteiger partial charge in [0.15, 0.2) is 0 Å². The molecule has 0 aromatic carbocycles. The Kier molecular flexibility index (Phi) is 1.33. The van der Waals surface area contributed by atoms with Crippen molar-refractivity contribution < 1.29 is 5.11 Å². The standard InChI is InChI=1S/C7H7N3O/c11-4-5-1-2-6-7(9-5)3-8-10-6/h1-3,11H,4H2,(H,8,10). The van der Waals surface area contributed by atoms with Gasteiger partial charge in [0.1, 0.15) is 11.0 Å². The van der Waals surface area contributed by atoms with Crippen molar-refractivity contribution in [2.75, 3.05) is 0 Å². The highest BCUT2D eigenvalue weighted by molar-refractivity contribution is 5.72. The first-order valence-electron chi connectivity index (χ1n) is 3.30. The summed E-state index contributed by atoms with van der Waals surface area (Å²) in [6.45, 7) is -0.0267. The minimum atomic E-state index is -0.0267. The van der Waals surface area contributed by atoms with Crippen LogP contribution in [0, 0.1) is 0 Å². The second kappa shape index (κ2) is 2.32. The van der Waals surface area contributed by atoms with Crippen molar-refractivity contribution in [3.05, 3.63) is 24.0 Å². The second-order valence-electron chi connectivity index (χ2n) is 2.25. The smallest absolute Gasteiger partial charge is 0.111 e. The van der Waals surface area contributed by atoms with Crippen LogP contribution in [0.3, 0.4) is 0 Å². The van der Waals surface area contributed by atoms with Crippen LogP contribution in [-0.2, 0) is 6.61 Å². The van der Waals surface area contributed by atoms with Gasteiger partial charge >= 0.3 is 0 Å². The molecule has 0 amide bonds. The van der Waals surface area contributed by atoms with Gasteiger partial charge in [-0.3, -0.25) is 5.10 Å². The lowest BCUT2D eigenvalue weighted by molar-refractivity contribution is 0.277. The largest absolute Gasteiger partial charge is 0.390 e. The van der Waals surface area contributed by atoms with Crippen molar-refractivity contribution in [3.63, 3.8) is 0 Å². The number of H-pyrrole nitrogens is 1. The number of rotatable bonds is 1. The summed E-state index contributed by atoms with van der Waals surface area (Å²) in [6, 6.07) is 3.58. The Hall–Kier alpha value is -1.42. The number of aliphatic hydroxyl groups is 1. The Morgan fingerprint density at radius 1 is 1.36 bits per heavy atom. The molecule has 0 spiro atoms. The van der Waals surface area contributed by atoms with Crippen LogP contribution in [0.4, 0.5) is 0 Å². The molecule has 0 saturated heterocycles. The third-order valence-corrected chi connectivity index (χ3v) is 1.51. The molecule has 2 aromatic heterocycles. The molecule has 0 aliphatic carbocycles. The summed E-state index contributed by atoms with van der Waals surface area (Å²) in [5, 5.41) is 15.4. The van der Waals surface area contributed by atoms with Crippen LogP contribution in [0.1, 0.15) is 5.69 Å². The summed E-state index contributed by atoms with van der Waals surface area (Å²) in [7, 11) is 0. The fraction of sp³-hybridized carbons (Fsp3) is 0.143. The van der Waals surface area contributed by atoms with Crippen LogP contribution < -0.4 is 0 Å². The number of pyridine rings is 1. The summed E-state index contributed by atoms with van der Waals surface area (Å²) >= 11 is 0. The van der Waals surface area contributed by atoms with Gasteiger partial charge in [-0.25, -0.2) is 4.98 Å². The highest BCUT2D eigenvalue weighted by Gasteiger charge is 1.97. The molecular weight excluding hydrogens is 142 g/mol. The van der Waals surface area contributed by atoms with E-state index in [-0.39, 0.29) is 6.61 Å². The number of aromatic amines is 1. The van der Waals surface area contributed by atoms with E-state index in [4.69, 9.17) is 5.11 Å². The van der Waals surface area contributed by atoms with E-state index < -0.39 is 0 Å². The molecule has 0 atom stereocenters. The fourth-order valence-electron chi connectivity index (χ4n) is 0.962. The Morgan fingerprint density at radius 2 is 2.27 bits per heavy atom. The molecule has 0 aliphatic rings. The van der Waals surface area contributed by atoms with Gasteiger partial charge in [0, 0.05) is 6.20 Å². The lowest BCUT2D eigenvalue weighted by atomic mass is 10.3. The van der Waals surface area contributed by atoms with Gasteiger partial charge < -0.3 is 5.11 Å². The maximum absolute atomic E-state index is 8.74. The van der Waals surface area contributed by atoms with E-state index in [1.807, 2.05) is 6.07 Å². The molecule has 4 nitrogen and oxygen atoms in total. The van der Waals surface area contributed by atoms with E-state index in [1.165, 1.54) is 0 Å². The molecule has 11 heavy (non-hydrogen) atoms. The van der Waals surface area contributed by atoms with Crippen LogP contribution in [0.5, 0.6) is 0 Å². The van der Waals surface area contributed by atoms with E-state index in [0.29, 0.717) is 5.69 Å². The van der Waals surface area contributed by atoms with E-state index in [2.05, 4.69) is 15.2 Å². The zero-order valence-corrected chi connectivity index (χ0v) is 5.78. The highest BCUT2D eigenvalue weighted by atomic mass is 16.3. The van der Waals surface area contributed by atoms with Gasteiger partial charge in [-0.1, -0.05) is 0 Å². The molecule has 2 aromatic rings. The Balaban J connectivity index is 2.67. The van der Waals surface area contributed by atoms with Crippen LogP contribution in [-0.4, -0.2) is 20.3 Å². The first kappa shape index (κ1) is 6.30. The van der Waals surface area contributed by atoms with Crippen LogP contribution in [0.25, 0.3) is 11.0 Å². The van der Waals surface area contributed by atoms with Crippen molar-refractivity contribution in [2.24, 2.45) is 0 Å². The molecule has 0 unspecified atom stereocenters. The molecule has 0 aliphatic heterocycles. The summed E-state index contributed by atoms with van der Waals surface area (Å²) in [5.74, 6) is 0. The monoisotopic (exact) mass is 149 g/mol. The number of aromatic nitrogens is 3. The number of hydrogen-bond donors (Lipinski definition) is 2. The van der Waals surface area contributed by atoms with Crippen LogP contribution in [0.15, 0.2) is 18.3 Å². The number of fused-ring (bicyclic) bond motifs is 1. The minimum absolute atomic E-state index is 0.0267. The van der Waals surface area contributed by atoms with Gasteiger partial charge in [-0.15, -0.1) is 0 Å². The summed E-state index contributed by atoms with van der Waals surface area (Å²) in [6.07, 6.45) is 1.70. The molecule has 4 heteroatoms. The van der Waals surface area contributed by atoms with Crippen molar-refractivity contribution in [3.8, 4) is 0 Å². The molecule has 0 bridgehead atoms. The summed E-state index contributed by atoms with van der Waals surface area (Å²) < 4.78 is 0. The minimum Gasteiger partial charge on any atom is -0.390 e. The van der Waals surface area contributed by atoms with Crippen molar-refractivity contribution in [1.29, 1.82) is 0 Å². The van der Waals surface area contributed by atoms with Gasteiger partial charge in [0.05, 0.1) is 12.3 Å². The lowest BCUT2D eigenvalue weighted by Gasteiger charge is -1.92. The third-order valence-electron chi connectivity index (χ3n) is 1.51. The normalized spacial score (nSPS) is 10.6. The van der Waals surface area contributed by atoms with Gasteiger partial charge in [0.25, 0.3) is 0 Å². The summed E-state index contributed by atoms with van der Waals surface area (Å²) in [5.41, 5.74) is 2.28. The molecule has 56 valence electrons. The van der Waals surface area contributed by atoms with Crippen molar-refractivity contribution in [2.45, 2.75) is 6.61 Å². The second-order valence-corrected chi connectivity index (χ2v) is 2.25. The average Bonchev–Trinajstić information content (AvgIpc) is 2.50. The Morgan fingerprint density at radius 3 is 3.09 bits per heavy atom. The molecule has 2 heterocycles. The predicted molar refractivity (Wildman–Crippen MR) is 39.8 cm³/mol. The number of hydrogen-bond acceptors (Lipinski definition) is 3. The summed E-state index contributed by atoms with van der Waals surface area (Å²) in [4.78, 5) is 4.11. The third kappa shape index (κ3) is 0.969. The maximum atomic E-state index is 8.74. The highest BCUT2D eigenvalue weighted by Crippen LogP contribution is 2.07. The van der Waals surface area contributed by atoms with Crippen molar-refractivity contribution in [1.82, 2.24) is 15.2 Å².